The molecule has 0 aliphatic carbocycles. The van der Waals surface area contributed by atoms with E-state index in [2.05, 4.69) is 19.2 Å². The van der Waals surface area contributed by atoms with Crippen LogP contribution in [-0.4, -0.2) is 34.7 Å². The third-order valence-electron chi connectivity index (χ3n) is 2.68. The van der Waals surface area contributed by atoms with Crippen LogP contribution in [0.4, 0.5) is 0 Å². The largest absolute Gasteiger partial charge is 0.396 e. The Balaban J connectivity index is 3.56. The summed E-state index contributed by atoms with van der Waals surface area (Å²) in [6.45, 7) is 6.49. The van der Waals surface area contributed by atoms with Crippen molar-refractivity contribution in [3.05, 3.63) is 0 Å². The third-order valence-corrected chi connectivity index (χ3v) is 3.92. The standard InChI is InChI=1S/C13H27NO2S/c1-4-5-6-7-11(2)14-13(16)10-17-12(3)8-9-15/h11-12,15H,4-10H2,1-3H3,(H,14,16). The number of hydrogen-bond donors (Lipinski definition) is 2. The van der Waals surface area contributed by atoms with Crippen molar-refractivity contribution >= 4 is 17.7 Å². The van der Waals surface area contributed by atoms with Crippen LogP contribution in [0.25, 0.3) is 0 Å². The van der Waals surface area contributed by atoms with Crippen LogP contribution in [-0.2, 0) is 4.79 Å². The first kappa shape index (κ1) is 16.8. The van der Waals surface area contributed by atoms with Crippen LogP contribution in [0.2, 0.25) is 0 Å². The van der Waals surface area contributed by atoms with E-state index in [1.54, 1.807) is 11.8 Å². The maximum Gasteiger partial charge on any atom is 0.230 e. The maximum atomic E-state index is 11.6. The number of aliphatic hydroxyl groups is 1. The first-order valence-electron chi connectivity index (χ1n) is 6.62. The number of carbonyl (C=O) groups is 1. The van der Waals surface area contributed by atoms with Gasteiger partial charge in [0.05, 0.1) is 5.75 Å². The molecule has 3 nitrogen and oxygen atoms in total. The first-order chi connectivity index (χ1) is 8.10. The second-order valence-electron chi connectivity index (χ2n) is 4.60. The zero-order valence-electron chi connectivity index (χ0n) is 11.4. The minimum absolute atomic E-state index is 0.115. The fourth-order valence-corrected chi connectivity index (χ4v) is 2.36. The van der Waals surface area contributed by atoms with Gasteiger partial charge in [-0.25, -0.2) is 0 Å². The highest BCUT2D eigenvalue weighted by Gasteiger charge is 2.09. The molecule has 0 saturated carbocycles. The molecule has 0 rings (SSSR count). The second kappa shape index (κ2) is 10.9. The maximum absolute atomic E-state index is 11.6. The number of unbranched alkanes of at least 4 members (excludes halogenated alkanes) is 2. The molecule has 0 aromatic rings. The van der Waals surface area contributed by atoms with Crippen LogP contribution < -0.4 is 5.32 Å². The summed E-state index contributed by atoms with van der Waals surface area (Å²) in [5.74, 6) is 0.614. The van der Waals surface area contributed by atoms with E-state index in [0.29, 0.717) is 11.0 Å². The topological polar surface area (TPSA) is 49.3 Å². The quantitative estimate of drug-likeness (QED) is 0.594. The lowest BCUT2D eigenvalue weighted by molar-refractivity contribution is -0.119. The first-order valence-corrected chi connectivity index (χ1v) is 7.66. The Kier molecular flexibility index (Phi) is 10.8. The van der Waals surface area contributed by atoms with E-state index in [0.717, 1.165) is 12.8 Å². The zero-order valence-corrected chi connectivity index (χ0v) is 12.2. The molecule has 102 valence electrons. The lowest BCUT2D eigenvalue weighted by Gasteiger charge is -2.14. The number of hydrogen-bond acceptors (Lipinski definition) is 3. The second-order valence-corrected chi connectivity index (χ2v) is 6.02. The fraction of sp³-hybridized carbons (Fsp3) is 0.923. The van der Waals surface area contributed by atoms with Gasteiger partial charge in [0, 0.05) is 17.9 Å². The van der Waals surface area contributed by atoms with Crippen molar-refractivity contribution in [1.82, 2.24) is 5.32 Å². The van der Waals surface area contributed by atoms with Gasteiger partial charge >= 0.3 is 0 Å². The molecule has 0 aromatic carbocycles. The monoisotopic (exact) mass is 261 g/mol. The van der Waals surface area contributed by atoms with E-state index in [9.17, 15) is 4.79 Å². The van der Waals surface area contributed by atoms with Crippen molar-refractivity contribution in [2.24, 2.45) is 0 Å². The Bertz CT molecular complexity index is 200. The van der Waals surface area contributed by atoms with Gasteiger partial charge in [0.15, 0.2) is 0 Å². The Morgan fingerprint density at radius 1 is 1.29 bits per heavy atom. The van der Waals surface area contributed by atoms with Crippen LogP contribution in [0.1, 0.15) is 52.9 Å². The SMILES string of the molecule is CCCCCC(C)NC(=O)CSC(C)CCO. The summed E-state index contributed by atoms with van der Waals surface area (Å²) in [6, 6.07) is 0.280. The number of carbonyl (C=O) groups excluding carboxylic acids is 1. The van der Waals surface area contributed by atoms with Gasteiger partial charge in [-0.05, 0) is 19.8 Å². The smallest absolute Gasteiger partial charge is 0.230 e. The van der Waals surface area contributed by atoms with Gasteiger partial charge in [-0.1, -0.05) is 33.1 Å². The molecule has 0 spiro atoms. The van der Waals surface area contributed by atoms with Gasteiger partial charge < -0.3 is 10.4 Å². The van der Waals surface area contributed by atoms with Gasteiger partial charge in [0.2, 0.25) is 5.91 Å². The normalized spacial score (nSPS) is 14.4. The van der Waals surface area contributed by atoms with Crippen LogP contribution in [0.15, 0.2) is 0 Å². The molecule has 0 bridgehead atoms. The molecule has 0 aliphatic rings. The number of nitrogens with one attached hydrogen (secondary N) is 1. The predicted molar refractivity (Wildman–Crippen MR) is 75.4 cm³/mol. The molecular weight excluding hydrogens is 234 g/mol. The minimum atomic E-state index is 0.115. The molecule has 0 aliphatic heterocycles. The summed E-state index contributed by atoms with van der Waals surface area (Å²) in [7, 11) is 0. The lowest BCUT2D eigenvalue weighted by Crippen LogP contribution is -2.34. The van der Waals surface area contributed by atoms with E-state index in [4.69, 9.17) is 5.11 Å². The highest BCUT2D eigenvalue weighted by molar-refractivity contribution is 8.00. The molecule has 17 heavy (non-hydrogen) atoms. The summed E-state index contributed by atoms with van der Waals surface area (Å²) < 4.78 is 0. The molecule has 0 fully saturated rings. The van der Waals surface area contributed by atoms with Gasteiger partial charge in [0.1, 0.15) is 0 Å². The Morgan fingerprint density at radius 3 is 2.59 bits per heavy atom. The van der Waals surface area contributed by atoms with Gasteiger partial charge in [-0.2, -0.15) is 0 Å². The van der Waals surface area contributed by atoms with Gasteiger partial charge in [-0.15, -0.1) is 11.8 Å². The van der Waals surface area contributed by atoms with Crippen LogP contribution in [0, 0.1) is 0 Å². The predicted octanol–water partition coefficient (Wildman–Crippen LogP) is 2.58. The Labute approximate surface area is 110 Å². The van der Waals surface area contributed by atoms with Crippen LogP contribution >= 0.6 is 11.8 Å². The van der Waals surface area contributed by atoms with Crippen molar-refractivity contribution in [3.63, 3.8) is 0 Å². The van der Waals surface area contributed by atoms with Gasteiger partial charge in [0.25, 0.3) is 0 Å². The van der Waals surface area contributed by atoms with Gasteiger partial charge in [-0.3, -0.25) is 4.79 Å². The highest BCUT2D eigenvalue weighted by atomic mass is 32.2. The van der Waals surface area contributed by atoms with E-state index in [-0.39, 0.29) is 18.6 Å². The molecule has 2 atom stereocenters. The molecule has 0 radical (unpaired) electrons. The lowest BCUT2D eigenvalue weighted by atomic mass is 10.1. The fourth-order valence-electron chi connectivity index (χ4n) is 1.57. The van der Waals surface area contributed by atoms with Crippen molar-refractivity contribution < 1.29 is 9.90 Å². The van der Waals surface area contributed by atoms with Crippen molar-refractivity contribution in [3.8, 4) is 0 Å². The molecule has 2 unspecified atom stereocenters. The minimum Gasteiger partial charge on any atom is -0.396 e. The van der Waals surface area contributed by atoms with E-state index < -0.39 is 0 Å². The third kappa shape index (κ3) is 10.6. The molecule has 1 amide bonds. The highest BCUT2D eigenvalue weighted by Crippen LogP contribution is 2.13. The van der Waals surface area contributed by atoms with Crippen LogP contribution in [0.3, 0.4) is 0 Å². The summed E-state index contributed by atoms with van der Waals surface area (Å²) >= 11 is 1.61. The van der Waals surface area contributed by atoms with E-state index in [1.807, 2.05) is 6.92 Å². The Morgan fingerprint density at radius 2 is 2.00 bits per heavy atom. The molecule has 2 N–H and O–H groups in total. The number of amides is 1. The van der Waals surface area contributed by atoms with Crippen molar-refractivity contribution in [1.29, 1.82) is 0 Å². The molecule has 0 saturated heterocycles. The number of rotatable bonds is 10. The molecule has 0 heterocycles. The molecular formula is C13H27NO2S. The molecule has 4 heteroatoms. The number of thioether (sulfide) groups is 1. The van der Waals surface area contributed by atoms with Crippen molar-refractivity contribution in [2.45, 2.75) is 64.2 Å². The zero-order chi connectivity index (χ0) is 13.1. The summed E-state index contributed by atoms with van der Waals surface area (Å²) in [4.78, 5) is 11.6. The Hall–Kier alpha value is -0.220. The summed E-state index contributed by atoms with van der Waals surface area (Å²) in [5, 5.41) is 12.1. The van der Waals surface area contributed by atoms with E-state index in [1.165, 1.54) is 19.3 Å². The van der Waals surface area contributed by atoms with Crippen molar-refractivity contribution in [2.75, 3.05) is 12.4 Å². The molecule has 0 aromatic heterocycles. The van der Waals surface area contributed by atoms with Crippen LogP contribution in [0.5, 0.6) is 0 Å². The average Bonchev–Trinajstić information content (AvgIpc) is 2.27. The van der Waals surface area contributed by atoms with E-state index >= 15 is 0 Å². The number of aliphatic hydroxyl groups excluding tert-OH is 1. The summed E-state index contributed by atoms with van der Waals surface area (Å²) in [5.41, 5.74) is 0. The average molecular weight is 261 g/mol. The summed E-state index contributed by atoms with van der Waals surface area (Å²) in [6.07, 6.45) is 5.46.